The highest BCUT2D eigenvalue weighted by Crippen LogP contribution is 2.25. The number of amides is 2. The number of ether oxygens (including phenoxy) is 1. The summed E-state index contributed by atoms with van der Waals surface area (Å²) in [6, 6.07) is 17.5. The lowest BCUT2D eigenvalue weighted by Gasteiger charge is -2.33. The lowest BCUT2D eigenvalue weighted by atomic mass is 10.1. The first-order valence-electron chi connectivity index (χ1n) is 13.7. The number of unbranched alkanes of at least 4 members (excludes halogenated alkanes) is 1. The highest BCUT2D eigenvalue weighted by molar-refractivity contribution is 7.92. The van der Waals surface area contributed by atoms with Crippen LogP contribution in [-0.4, -0.2) is 51.4 Å². The second-order valence-corrected chi connectivity index (χ2v) is 11.6. The van der Waals surface area contributed by atoms with Gasteiger partial charge in [0.1, 0.15) is 24.2 Å². The molecular formula is C31H38FN3O5S. The molecular weight excluding hydrogens is 545 g/mol. The molecule has 0 aliphatic rings. The average Bonchev–Trinajstić information content (AvgIpc) is 2.97. The summed E-state index contributed by atoms with van der Waals surface area (Å²) in [5, 5.41) is 2.90. The van der Waals surface area contributed by atoms with E-state index in [1.165, 1.54) is 29.2 Å². The second-order valence-electron chi connectivity index (χ2n) is 9.74. The molecule has 3 rings (SSSR count). The Hall–Kier alpha value is -3.92. The van der Waals surface area contributed by atoms with Crippen molar-refractivity contribution in [3.63, 3.8) is 0 Å². The van der Waals surface area contributed by atoms with Gasteiger partial charge in [-0.25, -0.2) is 12.8 Å². The summed E-state index contributed by atoms with van der Waals surface area (Å²) in [4.78, 5) is 28.7. The standard InChI is InChI=1S/C31H38FN3O5S/c1-5-7-20-33-31(37)29(6-2)34(21-24-10-16-27(40-4)17-11-24)30(36)22-35(26-14-12-25(32)13-15-26)41(38,39)28-18-8-23(3)9-19-28/h8-19,29H,5-7,20-22H2,1-4H3,(H,33,37)/t29-/m1/s1. The van der Waals surface area contributed by atoms with Crippen molar-refractivity contribution in [2.75, 3.05) is 24.5 Å². The van der Waals surface area contributed by atoms with Gasteiger partial charge in [0.25, 0.3) is 10.0 Å². The molecule has 0 unspecified atom stereocenters. The molecule has 1 atom stereocenters. The van der Waals surface area contributed by atoms with Crippen LogP contribution in [0.5, 0.6) is 5.75 Å². The molecule has 0 saturated carbocycles. The fraction of sp³-hybridized carbons (Fsp3) is 0.355. The molecule has 1 N–H and O–H groups in total. The summed E-state index contributed by atoms with van der Waals surface area (Å²) in [6.45, 7) is 5.62. The first-order chi connectivity index (χ1) is 19.6. The predicted octanol–water partition coefficient (Wildman–Crippen LogP) is 5.06. The van der Waals surface area contributed by atoms with Gasteiger partial charge in [0.2, 0.25) is 11.8 Å². The normalized spacial score (nSPS) is 11.9. The molecule has 8 nitrogen and oxygen atoms in total. The maximum atomic E-state index is 14.0. The van der Waals surface area contributed by atoms with Gasteiger partial charge in [-0.05, 0) is 73.9 Å². The third kappa shape index (κ3) is 8.29. The number of halogens is 1. The van der Waals surface area contributed by atoms with Crippen molar-refractivity contribution < 1.29 is 27.1 Å². The van der Waals surface area contributed by atoms with E-state index in [0.29, 0.717) is 18.7 Å². The summed E-state index contributed by atoms with van der Waals surface area (Å²) in [7, 11) is -2.67. The molecule has 0 heterocycles. The van der Waals surface area contributed by atoms with Crippen LogP contribution in [0, 0.1) is 12.7 Å². The minimum absolute atomic E-state index is 0.00807. The van der Waals surface area contributed by atoms with Crippen molar-refractivity contribution in [1.29, 1.82) is 0 Å². The summed E-state index contributed by atoms with van der Waals surface area (Å²) in [5.41, 5.74) is 1.75. The van der Waals surface area contributed by atoms with E-state index in [0.717, 1.165) is 40.4 Å². The number of carbonyl (C=O) groups is 2. The first kappa shape index (κ1) is 31.6. The van der Waals surface area contributed by atoms with E-state index >= 15 is 0 Å². The molecule has 41 heavy (non-hydrogen) atoms. The van der Waals surface area contributed by atoms with Gasteiger partial charge in [-0.1, -0.05) is 50.1 Å². The number of nitrogens with zero attached hydrogens (tertiary/aromatic N) is 2. The lowest BCUT2D eigenvalue weighted by molar-refractivity contribution is -0.140. The topological polar surface area (TPSA) is 96.0 Å². The van der Waals surface area contributed by atoms with E-state index in [4.69, 9.17) is 4.74 Å². The molecule has 0 radical (unpaired) electrons. The van der Waals surface area contributed by atoms with Gasteiger partial charge < -0.3 is 15.0 Å². The Morgan fingerprint density at radius 2 is 1.59 bits per heavy atom. The third-order valence-corrected chi connectivity index (χ3v) is 8.52. The van der Waals surface area contributed by atoms with E-state index < -0.39 is 34.3 Å². The molecule has 0 saturated heterocycles. The zero-order valence-corrected chi connectivity index (χ0v) is 24.8. The molecule has 10 heteroatoms. The zero-order chi connectivity index (χ0) is 30.0. The Balaban J connectivity index is 2.02. The van der Waals surface area contributed by atoms with E-state index in [1.807, 2.05) is 13.8 Å². The monoisotopic (exact) mass is 583 g/mol. The molecule has 0 aliphatic carbocycles. The van der Waals surface area contributed by atoms with Crippen LogP contribution in [0.3, 0.4) is 0 Å². The van der Waals surface area contributed by atoms with Crippen LogP contribution in [-0.2, 0) is 26.2 Å². The molecule has 0 aliphatic heterocycles. The van der Waals surface area contributed by atoms with E-state index in [-0.39, 0.29) is 23.0 Å². The van der Waals surface area contributed by atoms with Crippen molar-refractivity contribution in [3.8, 4) is 5.75 Å². The quantitative estimate of drug-likeness (QED) is 0.268. The number of carbonyl (C=O) groups excluding carboxylic acids is 2. The molecule has 220 valence electrons. The number of hydrogen-bond donors (Lipinski definition) is 1. The van der Waals surface area contributed by atoms with Crippen LogP contribution in [0.15, 0.2) is 77.7 Å². The lowest BCUT2D eigenvalue weighted by Crippen LogP contribution is -2.52. The Kier molecular flexibility index (Phi) is 11.3. The molecule has 0 aromatic heterocycles. The van der Waals surface area contributed by atoms with Gasteiger partial charge in [0.05, 0.1) is 17.7 Å². The summed E-state index contributed by atoms with van der Waals surface area (Å²) in [6.07, 6.45) is 2.01. The van der Waals surface area contributed by atoms with Gasteiger partial charge in [-0.15, -0.1) is 0 Å². The Morgan fingerprint density at radius 1 is 0.951 bits per heavy atom. The molecule has 2 amide bonds. The molecule has 3 aromatic rings. The maximum Gasteiger partial charge on any atom is 0.264 e. The van der Waals surface area contributed by atoms with Crippen LogP contribution in [0.25, 0.3) is 0 Å². The summed E-state index contributed by atoms with van der Waals surface area (Å²) >= 11 is 0. The average molecular weight is 584 g/mol. The molecule has 0 bridgehead atoms. The van der Waals surface area contributed by atoms with Crippen molar-refractivity contribution in [2.45, 2.75) is 57.5 Å². The van der Waals surface area contributed by atoms with Crippen LogP contribution >= 0.6 is 0 Å². The van der Waals surface area contributed by atoms with Crippen molar-refractivity contribution in [2.24, 2.45) is 0 Å². The zero-order valence-electron chi connectivity index (χ0n) is 24.0. The summed E-state index contributed by atoms with van der Waals surface area (Å²) in [5.74, 6) is -0.776. The van der Waals surface area contributed by atoms with E-state index in [1.54, 1.807) is 50.4 Å². The van der Waals surface area contributed by atoms with Crippen molar-refractivity contribution in [3.05, 3.63) is 89.7 Å². The van der Waals surface area contributed by atoms with E-state index in [2.05, 4.69) is 5.32 Å². The number of methoxy groups -OCH3 is 1. The maximum absolute atomic E-state index is 14.0. The molecule has 3 aromatic carbocycles. The highest BCUT2D eigenvalue weighted by Gasteiger charge is 2.33. The highest BCUT2D eigenvalue weighted by atomic mass is 32.2. The number of aryl methyl sites for hydroxylation is 1. The van der Waals surface area contributed by atoms with Crippen LogP contribution in [0.2, 0.25) is 0 Å². The fourth-order valence-electron chi connectivity index (χ4n) is 4.33. The van der Waals surface area contributed by atoms with Gasteiger partial charge in [-0.2, -0.15) is 0 Å². The minimum atomic E-state index is -4.22. The number of sulfonamides is 1. The van der Waals surface area contributed by atoms with Crippen molar-refractivity contribution in [1.82, 2.24) is 10.2 Å². The van der Waals surface area contributed by atoms with Crippen LogP contribution < -0.4 is 14.4 Å². The van der Waals surface area contributed by atoms with Crippen LogP contribution in [0.1, 0.15) is 44.2 Å². The molecule has 0 spiro atoms. The number of rotatable bonds is 14. The summed E-state index contributed by atoms with van der Waals surface area (Å²) < 4.78 is 47.6. The smallest absolute Gasteiger partial charge is 0.264 e. The van der Waals surface area contributed by atoms with E-state index in [9.17, 15) is 22.4 Å². The second kappa shape index (κ2) is 14.6. The Labute approximate surface area is 242 Å². The first-order valence-corrected chi connectivity index (χ1v) is 15.1. The predicted molar refractivity (Wildman–Crippen MR) is 158 cm³/mol. The van der Waals surface area contributed by atoms with Crippen molar-refractivity contribution >= 4 is 27.5 Å². The molecule has 0 fully saturated rings. The Bertz CT molecular complexity index is 1400. The number of hydrogen-bond acceptors (Lipinski definition) is 5. The third-order valence-electron chi connectivity index (χ3n) is 6.73. The number of nitrogens with one attached hydrogen (secondary N) is 1. The SMILES string of the molecule is CCCCNC(=O)[C@@H](CC)N(Cc1ccc(OC)cc1)C(=O)CN(c1ccc(F)cc1)S(=O)(=O)c1ccc(C)cc1. The van der Waals surface area contributed by atoms with Gasteiger partial charge in [0.15, 0.2) is 0 Å². The van der Waals surface area contributed by atoms with Crippen LogP contribution in [0.4, 0.5) is 10.1 Å². The number of anilines is 1. The largest absolute Gasteiger partial charge is 0.497 e. The number of benzene rings is 3. The van der Waals surface area contributed by atoms with Gasteiger partial charge in [0, 0.05) is 13.1 Å². The van der Waals surface area contributed by atoms with Gasteiger partial charge in [-0.3, -0.25) is 13.9 Å². The van der Waals surface area contributed by atoms with Gasteiger partial charge >= 0.3 is 0 Å². The minimum Gasteiger partial charge on any atom is -0.497 e. The Morgan fingerprint density at radius 3 is 2.15 bits per heavy atom. The fourth-order valence-corrected chi connectivity index (χ4v) is 5.74.